The highest BCUT2D eigenvalue weighted by atomic mass is 19.1. The van der Waals surface area contributed by atoms with Gasteiger partial charge in [-0.1, -0.05) is 0 Å². The van der Waals surface area contributed by atoms with E-state index in [4.69, 9.17) is 4.74 Å². The third kappa shape index (κ3) is 3.75. The molecular weight excluding hydrogens is 265 g/mol. The highest BCUT2D eigenvalue weighted by Gasteiger charge is 2.21. The minimum Gasteiger partial charge on any atom is -0.378 e. The van der Waals surface area contributed by atoms with Crippen LogP contribution >= 0.6 is 0 Å². The molecule has 1 aromatic carbocycles. The van der Waals surface area contributed by atoms with Crippen LogP contribution in [0.2, 0.25) is 0 Å². The molecule has 1 heterocycles. The van der Waals surface area contributed by atoms with Gasteiger partial charge in [0.15, 0.2) is 0 Å². The molecule has 1 aromatic rings. The van der Waals surface area contributed by atoms with E-state index < -0.39 is 11.9 Å². The number of hydrogen-bond acceptors (Lipinski definition) is 4. The van der Waals surface area contributed by atoms with Crippen LogP contribution in [-0.2, 0) is 14.3 Å². The molecule has 0 aromatic heterocycles. The Kier molecular flexibility index (Phi) is 4.65. The summed E-state index contributed by atoms with van der Waals surface area (Å²) in [5.74, 6) is -1.20. The summed E-state index contributed by atoms with van der Waals surface area (Å²) >= 11 is 0. The molecule has 2 rings (SSSR count). The van der Waals surface area contributed by atoms with Gasteiger partial charge in [-0.05, 0) is 18.2 Å². The third-order valence-electron chi connectivity index (χ3n) is 2.78. The molecule has 1 saturated heterocycles. The van der Waals surface area contributed by atoms with Crippen molar-refractivity contribution in [2.75, 3.05) is 30.4 Å². The van der Waals surface area contributed by atoms with Gasteiger partial charge in [-0.2, -0.15) is 0 Å². The van der Waals surface area contributed by atoms with Crippen LogP contribution in [0.5, 0.6) is 0 Å². The number of rotatable bonds is 3. The second kappa shape index (κ2) is 6.44. The van der Waals surface area contributed by atoms with Crippen molar-refractivity contribution in [3.63, 3.8) is 0 Å². The Balaban J connectivity index is 2.05. The van der Waals surface area contributed by atoms with Crippen molar-refractivity contribution in [2.24, 2.45) is 0 Å². The lowest BCUT2D eigenvalue weighted by atomic mass is 10.2. The van der Waals surface area contributed by atoms with Gasteiger partial charge in [-0.25, -0.2) is 4.39 Å². The van der Waals surface area contributed by atoms with E-state index in [0.29, 0.717) is 25.4 Å². The summed E-state index contributed by atoms with van der Waals surface area (Å²) in [7, 11) is 0. The summed E-state index contributed by atoms with van der Waals surface area (Å²) < 4.78 is 18.7. The average molecular weight is 281 g/mol. The lowest BCUT2D eigenvalue weighted by molar-refractivity contribution is -0.120. The van der Waals surface area contributed by atoms with Gasteiger partial charge < -0.3 is 20.7 Å². The molecule has 0 aliphatic carbocycles. The van der Waals surface area contributed by atoms with E-state index >= 15 is 0 Å². The fraction of sp³-hybridized carbons (Fsp3) is 0.385. The number of carbonyl (C=O) groups excluding carboxylic acids is 2. The number of halogens is 1. The van der Waals surface area contributed by atoms with Gasteiger partial charge in [0.05, 0.1) is 18.9 Å². The summed E-state index contributed by atoms with van der Waals surface area (Å²) in [6.45, 7) is 2.77. The molecule has 0 spiro atoms. The van der Waals surface area contributed by atoms with Crippen LogP contribution in [-0.4, -0.2) is 37.6 Å². The van der Waals surface area contributed by atoms with E-state index in [9.17, 15) is 14.0 Å². The minimum atomic E-state index is -0.558. The van der Waals surface area contributed by atoms with Gasteiger partial charge in [0.1, 0.15) is 11.9 Å². The first-order chi connectivity index (χ1) is 9.56. The molecule has 20 heavy (non-hydrogen) atoms. The van der Waals surface area contributed by atoms with Crippen LogP contribution in [0.4, 0.5) is 15.8 Å². The Morgan fingerprint density at radius 1 is 1.40 bits per heavy atom. The van der Waals surface area contributed by atoms with Gasteiger partial charge in [0.2, 0.25) is 11.8 Å². The molecule has 1 aliphatic heterocycles. The Labute approximate surface area is 115 Å². The normalized spacial score (nSPS) is 18.4. The number of carbonyl (C=O) groups is 2. The monoisotopic (exact) mass is 281 g/mol. The van der Waals surface area contributed by atoms with E-state index in [1.165, 1.54) is 25.1 Å². The molecule has 108 valence electrons. The maximum Gasteiger partial charge on any atom is 0.243 e. The molecule has 0 saturated carbocycles. The summed E-state index contributed by atoms with van der Waals surface area (Å²) in [6, 6.07) is 3.56. The molecule has 1 unspecified atom stereocenters. The zero-order valence-electron chi connectivity index (χ0n) is 11.0. The first-order valence-electron chi connectivity index (χ1n) is 6.25. The van der Waals surface area contributed by atoms with Crippen LogP contribution in [0.25, 0.3) is 0 Å². The van der Waals surface area contributed by atoms with Gasteiger partial charge in [0.25, 0.3) is 0 Å². The zero-order valence-corrected chi connectivity index (χ0v) is 11.0. The first-order valence-corrected chi connectivity index (χ1v) is 6.25. The lowest BCUT2D eigenvalue weighted by Gasteiger charge is -2.23. The van der Waals surface area contributed by atoms with E-state index in [1.54, 1.807) is 0 Å². The second-order valence-corrected chi connectivity index (χ2v) is 4.45. The Morgan fingerprint density at radius 3 is 2.85 bits per heavy atom. The number of ether oxygens (including phenoxy) is 1. The smallest absolute Gasteiger partial charge is 0.243 e. The number of anilines is 2. The molecule has 1 aliphatic rings. The van der Waals surface area contributed by atoms with Gasteiger partial charge in [-0.15, -0.1) is 0 Å². The first kappa shape index (κ1) is 14.4. The number of benzene rings is 1. The molecular formula is C13H16FN3O3. The minimum absolute atomic E-state index is 0.0307. The van der Waals surface area contributed by atoms with Crippen LogP contribution < -0.4 is 16.0 Å². The number of amides is 2. The van der Waals surface area contributed by atoms with Gasteiger partial charge in [-0.3, -0.25) is 9.59 Å². The molecule has 1 atom stereocenters. The SMILES string of the molecule is CC(=O)Nc1cc(NC(=O)C2COCCN2)ccc1F. The standard InChI is InChI=1S/C13H16FN3O3/c1-8(18)16-11-6-9(2-3-10(11)14)17-13(19)12-7-20-5-4-15-12/h2-3,6,12,15H,4-5,7H2,1H3,(H,16,18)(H,17,19). The second-order valence-electron chi connectivity index (χ2n) is 4.45. The quantitative estimate of drug-likeness (QED) is 0.762. The molecule has 0 bridgehead atoms. The highest BCUT2D eigenvalue weighted by Crippen LogP contribution is 2.19. The summed E-state index contributed by atoms with van der Waals surface area (Å²) in [4.78, 5) is 22.9. The van der Waals surface area contributed by atoms with Crippen molar-refractivity contribution in [3.8, 4) is 0 Å². The number of hydrogen-bond donors (Lipinski definition) is 3. The maximum atomic E-state index is 13.5. The van der Waals surface area contributed by atoms with Crippen LogP contribution in [0.15, 0.2) is 18.2 Å². The van der Waals surface area contributed by atoms with Crippen molar-refractivity contribution in [3.05, 3.63) is 24.0 Å². The Hall–Kier alpha value is -1.99. The fourth-order valence-electron chi connectivity index (χ4n) is 1.85. The van der Waals surface area contributed by atoms with Crippen LogP contribution in [0.1, 0.15) is 6.92 Å². The average Bonchev–Trinajstić information content (AvgIpc) is 2.43. The van der Waals surface area contributed by atoms with Crippen molar-refractivity contribution in [1.29, 1.82) is 0 Å². The van der Waals surface area contributed by atoms with Crippen molar-refractivity contribution < 1.29 is 18.7 Å². The van der Waals surface area contributed by atoms with E-state index in [2.05, 4.69) is 16.0 Å². The molecule has 2 amide bonds. The Morgan fingerprint density at radius 2 is 2.20 bits per heavy atom. The van der Waals surface area contributed by atoms with Crippen molar-refractivity contribution in [1.82, 2.24) is 5.32 Å². The largest absolute Gasteiger partial charge is 0.378 e. The van der Waals surface area contributed by atoms with E-state index in [1.807, 2.05) is 0 Å². The Bertz CT molecular complexity index is 516. The van der Waals surface area contributed by atoms with E-state index in [-0.39, 0.29) is 17.5 Å². The molecule has 7 heteroatoms. The summed E-state index contributed by atoms with van der Waals surface area (Å²) in [6.07, 6.45) is 0. The topological polar surface area (TPSA) is 79.5 Å². The molecule has 3 N–H and O–H groups in total. The predicted molar refractivity (Wildman–Crippen MR) is 71.9 cm³/mol. The van der Waals surface area contributed by atoms with Gasteiger partial charge >= 0.3 is 0 Å². The summed E-state index contributed by atoms with van der Waals surface area (Å²) in [5, 5.41) is 8.03. The molecule has 1 fully saturated rings. The number of nitrogens with one attached hydrogen (secondary N) is 3. The summed E-state index contributed by atoms with van der Waals surface area (Å²) in [5.41, 5.74) is 0.440. The van der Waals surface area contributed by atoms with Crippen molar-refractivity contribution in [2.45, 2.75) is 13.0 Å². The van der Waals surface area contributed by atoms with Crippen molar-refractivity contribution >= 4 is 23.2 Å². The fourth-order valence-corrected chi connectivity index (χ4v) is 1.85. The third-order valence-corrected chi connectivity index (χ3v) is 2.78. The zero-order chi connectivity index (χ0) is 14.5. The van der Waals surface area contributed by atoms with Gasteiger partial charge in [0, 0.05) is 19.2 Å². The predicted octanol–water partition coefficient (Wildman–Crippen LogP) is 0.711. The van der Waals surface area contributed by atoms with Crippen LogP contribution in [0.3, 0.4) is 0 Å². The number of morpholine rings is 1. The van der Waals surface area contributed by atoms with Crippen LogP contribution in [0, 0.1) is 5.82 Å². The maximum absolute atomic E-state index is 13.5. The highest BCUT2D eigenvalue weighted by molar-refractivity contribution is 5.96. The molecule has 6 nitrogen and oxygen atoms in total. The lowest BCUT2D eigenvalue weighted by Crippen LogP contribution is -2.48. The molecule has 0 radical (unpaired) electrons. The van der Waals surface area contributed by atoms with E-state index in [0.717, 1.165) is 0 Å².